The first-order valence-corrected chi connectivity index (χ1v) is 8.84. The minimum Gasteiger partial charge on any atom is -0.351 e. The molecule has 1 aliphatic carbocycles. The molecule has 2 fully saturated rings. The van der Waals surface area contributed by atoms with Gasteiger partial charge in [-0.1, -0.05) is 0 Å². The minimum absolute atomic E-state index is 0.0361. The number of nitrogens with one attached hydrogen (secondary N) is 2. The number of aromatic nitrogens is 1. The van der Waals surface area contributed by atoms with E-state index in [4.69, 9.17) is 0 Å². The summed E-state index contributed by atoms with van der Waals surface area (Å²) >= 11 is 0. The molecule has 1 aromatic carbocycles. The van der Waals surface area contributed by atoms with Gasteiger partial charge >= 0.3 is 0 Å². The van der Waals surface area contributed by atoms with Crippen LogP contribution in [0, 0.1) is 11.2 Å². The first kappa shape index (κ1) is 16.1. The van der Waals surface area contributed by atoms with Crippen LogP contribution in [0.3, 0.4) is 0 Å². The minimum atomic E-state index is -0.580. The van der Waals surface area contributed by atoms with Crippen LogP contribution in [-0.4, -0.2) is 40.8 Å². The lowest BCUT2D eigenvalue weighted by atomic mass is 9.93. The number of nitrogens with zero attached hydrogens (tertiary/aromatic N) is 1. The molecule has 2 aliphatic rings. The van der Waals surface area contributed by atoms with Gasteiger partial charge in [-0.05, 0) is 62.3 Å². The van der Waals surface area contributed by atoms with E-state index in [1.165, 1.54) is 25.0 Å². The Labute approximate surface area is 145 Å². The highest BCUT2D eigenvalue weighted by Gasteiger charge is 2.45. The predicted octanol–water partition coefficient (Wildman–Crippen LogP) is 2.83. The summed E-state index contributed by atoms with van der Waals surface area (Å²) in [7, 11) is 0. The van der Waals surface area contributed by atoms with Crippen LogP contribution >= 0.6 is 0 Å². The molecule has 2 amide bonds. The summed E-state index contributed by atoms with van der Waals surface area (Å²) in [6, 6.07) is 5.33. The lowest BCUT2D eigenvalue weighted by Gasteiger charge is -2.33. The van der Waals surface area contributed by atoms with Crippen molar-refractivity contribution in [2.75, 3.05) is 13.1 Å². The fraction of sp³-hybridized carbons (Fsp3) is 0.474. The molecule has 132 valence electrons. The number of fused-ring (bicyclic) bond motifs is 1. The van der Waals surface area contributed by atoms with Crippen molar-refractivity contribution in [1.29, 1.82) is 0 Å². The van der Waals surface area contributed by atoms with Crippen LogP contribution in [0.4, 0.5) is 4.39 Å². The molecule has 1 atom stereocenters. The number of H-pyrrole nitrogens is 1. The molecule has 2 N–H and O–H groups in total. The fourth-order valence-electron chi connectivity index (χ4n) is 3.71. The van der Waals surface area contributed by atoms with Crippen LogP contribution in [0.1, 0.15) is 43.1 Å². The number of hydrogen-bond donors (Lipinski definition) is 2. The van der Waals surface area contributed by atoms with Crippen LogP contribution in [0.5, 0.6) is 0 Å². The first-order valence-electron chi connectivity index (χ1n) is 8.84. The molecule has 1 saturated carbocycles. The standard InChI is InChI=1S/C19H22FN3O2/c1-12(18(25)23-8-6-19(4-5-19)7-9-23)21-17(24)16-11-13-10-14(20)2-3-15(13)22-16/h2-3,10-12,22H,4-9H2,1H3,(H,21,24)/t12-/m1/s1. The third kappa shape index (κ3) is 3.13. The van der Waals surface area contributed by atoms with E-state index in [1.807, 2.05) is 4.90 Å². The predicted molar refractivity (Wildman–Crippen MR) is 92.7 cm³/mol. The van der Waals surface area contributed by atoms with Crippen LogP contribution in [0.15, 0.2) is 24.3 Å². The highest BCUT2D eigenvalue weighted by molar-refractivity contribution is 6.00. The summed E-state index contributed by atoms with van der Waals surface area (Å²) < 4.78 is 13.3. The Morgan fingerprint density at radius 1 is 1.20 bits per heavy atom. The van der Waals surface area contributed by atoms with Crippen molar-refractivity contribution in [3.8, 4) is 0 Å². The van der Waals surface area contributed by atoms with Gasteiger partial charge in [-0.3, -0.25) is 9.59 Å². The van der Waals surface area contributed by atoms with Crippen LogP contribution in [0.2, 0.25) is 0 Å². The van der Waals surface area contributed by atoms with E-state index >= 15 is 0 Å². The molecular weight excluding hydrogens is 321 g/mol. The summed E-state index contributed by atoms with van der Waals surface area (Å²) in [6.45, 7) is 3.28. The molecule has 2 aromatic rings. The lowest BCUT2D eigenvalue weighted by Crippen LogP contribution is -2.49. The quantitative estimate of drug-likeness (QED) is 0.900. The molecule has 0 bridgehead atoms. The second-order valence-electron chi connectivity index (χ2n) is 7.44. The normalized spacial score (nSPS) is 19.8. The summed E-state index contributed by atoms with van der Waals surface area (Å²) in [5.41, 5.74) is 1.54. The SMILES string of the molecule is C[C@@H](NC(=O)c1cc2cc(F)ccc2[nH]1)C(=O)N1CCC2(CC1)CC2. The van der Waals surface area contributed by atoms with Gasteiger partial charge < -0.3 is 15.2 Å². The van der Waals surface area contributed by atoms with Crippen LogP contribution < -0.4 is 5.32 Å². The molecule has 5 nitrogen and oxygen atoms in total. The van der Waals surface area contributed by atoms with Crippen molar-refractivity contribution in [2.24, 2.45) is 5.41 Å². The first-order chi connectivity index (χ1) is 12.0. The van der Waals surface area contributed by atoms with E-state index in [0.717, 1.165) is 25.9 Å². The largest absolute Gasteiger partial charge is 0.351 e. The number of carbonyl (C=O) groups excluding carboxylic acids is 2. The van der Waals surface area contributed by atoms with Gasteiger partial charge in [0.15, 0.2) is 0 Å². The van der Waals surface area contributed by atoms with Gasteiger partial charge in [0.2, 0.25) is 5.91 Å². The molecule has 1 aliphatic heterocycles. The van der Waals surface area contributed by atoms with E-state index in [0.29, 0.717) is 22.0 Å². The molecule has 0 radical (unpaired) electrons. The molecule has 0 unspecified atom stereocenters. The number of amides is 2. The third-order valence-corrected chi connectivity index (χ3v) is 5.64. The Kier molecular flexibility index (Phi) is 3.78. The van der Waals surface area contributed by atoms with Gasteiger partial charge in [-0.15, -0.1) is 0 Å². The third-order valence-electron chi connectivity index (χ3n) is 5.64. The number of piperidine rings is 1. The van der Waals surface area contributed by atoms with Crippen molar-refractivity contribution in [1.82, 2.24) is 15.2 Å². The van der Waals surface area contributed by atoms with E-state index in [-0.39, 0.29) is 17.6 Å². The molecule has 2 heterocycles. The summed E-state index contributed by atoms with van der Waals surface area (Å²) in [4.78, 5) is 29.8. The average molecular weight is 343 g/mol. The van der Waals surface area contributed by atoms with Crippen LogP contribution in [-0.2, 0) is 4.79 Å². The maximum absolute atomic E-state index is 13.3. The Balaban J connectivity index is 1.39. The van der Waals surface area contributed by atoms with Gasteiger partial charge in [0.05, 0.1) is 0 Å². The number of benzene rings is 1. The van der Waals surface area contributed by atoms with Crippen molar-refractivity contribution >= 4 is 22.7 Å². The van der Waals surface area contributed by atoms with Gasteiger partial charge in [-0.2, -0.15) is 0 Å². The summed E-state index contributed by atoms with van der Waals surface area (Å²) in [5, 5.41) is 3.38. The number of likely N-dealkylation sites (tertiary alicyclic amines) is 1. The lowest BCUT2D eigenvalue weighted by molar-refractivity contribution is -0.134. The van der Waals surface area contributed by atoms with Crippen molar-refractivity contribution < 1.29 is 14.0 Å². The number of halogens is 1. The van der Waals surface area contributed by atoms with Crippen molar-refractivity contribution in [3.05, 3.63) is 35.8 Å². The zero-order valence-corrected chi connectivity index (χ0v) is 14.3. The van der Waals surface area contributed by atoms with E-state index in [1.54, 1.807) is 19.1 Å². The second-order valence-corrected chi connectivity index (χ2v) is 7.44. The Bertz CT molecular complexity index is 830. The number of carbonyl (C=O) groups is 2. The highest BCUT2D eigenvalue weighted by Crippen LogP contribution is 2.53. The monoisotopic (exact) mass is 343 g/mol. The molecule has 1 aromatic heterocycles. The topological polar surface area (TPSA) is 65.2 Å². The Morgan fingerprint density at radius 3 is 2.60 bits per heavy atom. The molecule has 4 rings (SSSR count). The zero-order chi connectivity index (χ0) is 17.6. The second kappa shape index (κ2) is 5.86. The van der Waals surface area contributed by atoms with Gasteiger partial charge in [0.25, 0.3) is 5.91 Å². The van der Waals surface area contributed by atoms with Gasteiger partial charge in [0, 0.05) is 24.0 Å². The molecule has 6 heteroatoms. The number of hydrogen-bond acceptors (Lipinski definition) is 2. The summed E-state index contributed by atoms with van der Waals surface area (Å²) in [6.07, 6.45) is 4.74. The van der Waals surface area contributed by atoms with Crippen molar-refractivity contribution in [2.45, 2.75) is 38.6 Å². The maximum atomic E-state index is 13.3. The molecule has 1 spiro atoms. The molecule has 1 saturated heterocycles. The van der Waals surface area contributed by atoms with Gasteiger partial charge in [0.1, 0.15) is 17.6 Å². The Hall–Kier alpha value is -2.37. The maximum Gasteiger partial charge on any atom is 0.268 e. The smallest absolute Gasteiger partial charge is 0.268 e. The van der Waals surface area contributed by atoms with E-state index < -0.39 is 6.04 Å². The fourth-order valence-corrected chi connectivity index (χ4v) is 3.71. The van der Waals surface area contributed by atoms with Gasteiger partial charge in [-0.25, -0.2) is 4.39 Å². The number of rotatable bonds is 3. The number of aromatic amines is 1. The Morgan fingerprint density at radius 2 is 1.92 bits per heavy atom. The highest BCUT2D eigenvalue weighted by atomic mass is 19.1. The van der Waals surface area contributed by atoms with Crippen molar-refractivity contribution in [3.63, 3.8) is 0 Å². The van der Waals surface area contributed by atoms with Crippen LogP contribution in [0.25, 0.3) is 10.9 Å². The average Bonchev–Trinajstić information content (AvgIpc) is 3.21. The molecule has 25 heavy (non-hydrogen) atoms. The van der Waals surface area contributed by atoms with E-state index in [9.17, 15) is 14.0 Å². The summed E-state index contributed by atoms with van der Waals surface area (Å²) in [5.74, 6) is -0.736. The van der Waals surface area contributed by atoms with E-state index in [2.05, 4.69) is 10.3 Å². The molecular formula is C19H22FN3O2. The zero-order valence-electron chi connectivity index (χ0n) is 14.3.